The summed E-state index contributed by atoms with van der Waals surface area (Å²) in [7, 11) is 0. The first-order chi connectivity index (χ1) is 22.4. The number of nitriles is 1. The fourth-order valence-corrected chi connectivity index (χ4v) is 6.32. The van der Waals surface area contributed by atoms with E-state index in [0.717, 1.165) is 43.4 Å². The van der Waals surface area contributed by atoms with E-state index in [1.54, 1.807) is 6.07 Å². The highest BCUT2D eigenvalue weighted by molar-refractivity contribution is 5.67. The van der Waals surface area contributed by atoms with Crippen molar-refractivity contribution in [3.05, 3.63) is 112 Å². The molecule has 4 aromatic carbocycles. The lowest BCUT2D eigenvalue weighted by atomic mass is 9.77. The molecule has 2 nitrogen and oxygen atoms in total. The molecule has 0 heterocycles. The Balaban J connectivity index is 1.32. The van der Waals surface area contributed by atoms with E-state index in [0.29, 0.717) is 36.2 Å². The van der Waals surface area contributed by atoms with Crippen LogP contribution in [0.5, 0.6) is 5.75 Å². The molecule has 0 atom stereocenters. The molecule has 0 unspecified atom stereocenters. The van der Waals surface area contributed by atoms with Gasteiger partial charge in [0.1, 0.15) is 57.8 Å². The third-order valence-electron chi connectivity index (χ3n) is 8.82. The Morgan fingerprint density at radius 2 is 1.26 bits per heavy atom. The Bertz CT molecular complexity index is 1760. The maximum atomic E-state index is 15.2. The first-order valence-electron chi connectivity index (χ1n) is 15.5. The summed E-state index contributed by atoms with van der Waals surface area (Å²) in [5.74, 6) is -7.92. The molecule has 0 aromatic heterocycles. The largest absolute Gasteiger partial charge is 0.432 e. The van der Waals surface area contributed by atoms with Crippen LogP contribution in [0.25, 0.3) is 22.3 Å². The summed E-state index contributed by atoms with van der Waals surface area (Å²) in [6, 6.07) is 10.4. The van der Waals surface area contributed by atoms with Crippen LogP contribution >= 0.6 is 0 Å². The van der Waals surface area contributed by atoms with Gasteiger partial charge in [0.25, 0.3) is 0 Å². The van der Waals surface area contributed by atoms with Gasteiger partial charge >= 0.3 is 6.11 Å². The van der Waals surface area contributed by atoms with E-state index in [1.165, 1.54) is 43.9 Å². The third kappa shape index (κ3) is 7.45. The van der Waals surface area contributed by atoms with Crippen LogP contribution in [-0.2, 0) is 6.11 Å². The molecule has 0 aliphatic heterocycles. The molecule has 0 amide bonds. The van der Waals surface area contributed by atoms with Crippen LogP contribution in [0, 0.1) is 52.2 Å². The fraction of sp³-hybridized carbons (Fsp3) is 0.324. The summed E-state index contributed by atoms with van der Waals surface area (Å²) < 4.78 is 123. The minimum atomic E-state index is -4.63. The molecule has 246 valence electrons. The Morgan fingerprint density at radius 1 is 0.702 bits per heavy atom. The molecule has 1 fully saturated rings. The van der Waals surface area contributed by atoms with E-state index in [-0.39, 0.29) is 22.6 Å². The van der Waals surface area contributed by atoms with Crippen molar-refractivity contribution in [1.82, 2.24) is 0 Å². The minimum Gasteiger partial charge on any atom is -0.429 e. The van der Waals surface area contributed by atoms with Gasteiger partial charge in [-0.1, -0.05) is 44.7 Å². The molecule has 0 spiro atoms. The van der Waals surface area contributed by atoms with E-state index in [2.05, 4.69) is 11.7 Å². The topological polar surface area (TPSA) is 33.0 Å². The average Bonchev–Trinajstić information content (AvgIpc) is 3.00. The second-order valence-corrected chi connectivity index (χ2v) is 12.0. The highest BCUT2D eigenvalue weighted by Crippen LogP contribution is 2.41. The molecular formula is C37H31F8NO. The van der Waals surface area contributed by atoms with Gasteiger partial charge in [-0.15, -0.1) is 0 Å². The normalized spacial score (nSPS) is 16.6. The standard InChI is InChI=1S/C37H31F8NO/c1-2-3-4-5-21-6-8-22(9-7-21)23-10-12-27(30(38)14-23)25-17-34(42)36(35(43)18-25)37(44,45)47-26-11-13-28(33(41)19-26)24-15-31(39)29(20-46)32(40)16-24/h10-19,21-22H,2-9H2,1H3. The maximum absolute atomic E-state index is 15.2. The Labute approximate surface area is 267 Å². The van der Waals surface area contributed by atoms with Crippen molar-refractivity contribution in [2.45, 2.75) is 70.3 Å². The van der Waals surface area contributed by atoms with Gasteiger partial charge < -0.3 is 4.74 Å². The summed E-state index contributed by atoms with van der Waals surface area (Å²) in [4.78, 5) is 0. The number of unbranched alkanes of at least 4 members (excludes halogenated alkanes) is 2. The van der Waals surface area contributed by atoms with Crippen molar-refractivity contribution in [3.63, 3.8) is 0 Å². The molecule has 0 bridgehead atoms. The van der Waals surface area contributed by atoms with Gasteiger partial charge in [0.15, 0.2) is 0 Å². The number of benzene rings is 4. The Morgan fingerprint density at radius 3 is 1.79 bits per heavy atom. The molecule has 47 heavy (non-hydrogen) atoms. The zero-order valence-electron chi connectivity index (χ0n) is 25.5. The monoisotopic (exact) mass is 657 g/mol. The van der Waals surface area contributed by atoms with Crippen LogP contribution < -0.4 is 4.74 Å². The van der Waals surface area contributed by atoms with Crippen LogP contribution in [0.1, 0.15) is 80.9 Å². The second kappa shape index (κ2) is 14.2. The molecule has 10 heteroatoms. The summed E-state index contributed by atoms with van der Waals surface area (Å²) >= 11 is 0. The predicted molar refractivity (Wildman–Crippen MR) is 162 cm³/mol. The average molecular weight is 658 g/mol. The molecule has 5 rings (SSSR count). The molecule has 1 aliphatic carbocycles. The van der Waals surface area contributed by atoms with Gasteiger partial charge in [-0.25, -0.2) is 26.3 Å². The number of halogens is 8. The van der Waals surface area contributed by atoms with Crippen LogP contribution in [0.2, 0.25) is 0 Å². The molecule has 1 aliphatic rings. The number of hydrogen-bond donors (Lipinski definition) is 0. The highest BCUT2D eigenvalue weighted by Gasteiger charge is 2.41. The number of rotatable bonds is 10. The van der Waals surface area contributed by atoms with Gasteiger partial charge in [-0.2, -0.15) is 14.0 Å². The molecule has 0 radical (unpaired) electrons. The summed E-state index contributed by atoms with van der Waals surface area (Å²) in [6.45, 7) is 2.17. The lowest BCUT2D eigenvalue weighted by Gasteiger charge is -2.29. The number of alkyl halides is 2. The van der Waals surface area contributed by atoms with Crippen LogP contribution in [0.3, 0.4) is 0 Å². The van der Waals surface area contributed by atoms with Gasteiger partial charge in [0, 0.05) is 17.2 Å². The van der Waals surface area contributed by atoms with Crippen LogP contribution in [0.15, 0.2) is 60.7 Å². The predicted octanol–water partition coefficient (Wildman–Crippen LogP) is 11.7. The number of ether oxygens (including phenoxy) is 1. The smallest absolute Gasteiger partial charge is 0.429 e. The van der Waals surface area contributed by atoms with Gasteiger partial charge in [0.05, 0.1) is 0 Å². The fourth-order valence-electron chi connectivity index (χ4n) is 6.32. The Kier molecular flexibility index (Phi) is 10.2. The first kappa shape index (κ1) is 34.0. The lowest BCUT2D eigenvalue weighted by molar-refractivity contribution is -0.189. The number of nitrogens with zero attached hydrogens (tertiary/aromatic N) is 1. The zero-order valence-corrected chi connectivity index (χ0v) is 25.5. The molecule has 0 saturated heterocycles. The molecule has 4 aromatic rings. The SMILES string of the molecule is CCCCCC1CCC(c2ccc(-c3cc(F)c(C(F)(F)Oc4ccc(-c5cc(F)c(C#N)c(F)c5)c(F)c4)c(F)c3)c(F)c2)CC1. The molecule has 0 N–H and O–H groups in total. The van der Waals surface area contributed by atoms with E-state index in [4.69, 9.17) is 5.26 Å². The van der Waals surface area contributed by atoms with E-state index >= 15 is 22.0 Å². The first-order valence-corrected chi connectivity index (χ1v) is 15.5. The minimum absolute atomic E-state index is 0.163. The molecular weight excluding hydrogens is 626 g/mol. The van der Waals surface area contributed by atoms with E-state index in [1.807, 2.05) is 0 Å². The van der Waals surface area contributed by atoms with Gasteiger partial charge in [-0.3, -0.25) is 0 Å². The second-order valence-electron chi connectivity index (χ2n) is 12.0. The van der Waals surface area contributed by atoms with Crippen molar-refractivity contribution in [3.8, 4) is 34.1 Å². The molecule has 1 saturated carbocycles. The van der Waals surface area contributed by atoms with Crippen LogP contribution in [0.4, 0.5) is 35.1 Å². The third-order valence-corrected chi connectivity index (χ3v) is 8.82. The summed E-state index contributed by atoms with van der Waals surface area (Å²) in [6.07, 6.45) is 4.09. The quantitative estimate of drug-likeness (QED) is 0.126. The van der Waals surface area contributed by atoms with Gasteiger partial charge in [-0.05, 0) is 96.7 Å². The Hall–Kier alpha value is -4.39. The van der Waals surface area contributed by atoms with Crippen molar-refractivity contribution < 1.29 is 39.9 Å². The van der Waals surface area contributed by atoms with E-state index in [9.17, 15) is 13.2 Å². The van der Waals surface area contributed by atoms with Crippen molar-refractivity contribution >= 4 is 0 Å². The van der Waals surface area contributed by atoms with E-state index < -0.39 is 63.5 Å². The number of hydrogen-bond acceptors (Lipinski definition) is 2. The van der Waals surface area contributed by atoms with Gasteiger partial charge in [0.2, 0.25) is 0 Å². The van der Waals surface area contributed by atoms with Crippen molar-refractivity contribution in [2.24, 2.45) is 5.92 Å². The lowest BCUT2D eigenvalue weighted by Crippen LogP contribution is -2.25. The van der Waals surface area contributed by atoms with Crippen molar-refractivity contribution in [2.75, 3.05) is 0 Å². The van der Waals surface area contributed by atoms with Crippen molar-refractivity contribution in [1.29, 1.82) is 5.26 Å². The maximum Gasteiger partial charge on any atom is 0.432 e. The zero-order chi connectivity index (χ0) is 33.9. The summed E-state index contributed by atoms with van der Waals surface area (Å²) in [5, 5.41) is 8.80. The highest BCUT2D eigenvalue weighted by atomic mass is 19.3. The van der Waals surface area contributed by atoms with Crippen LogP contribution in [-0.4, -0.2) is 0 Å². The summed E-state index contributed by atoms with van der Waals surface area (Å²) in [5.41, 5.74) is -3.06.